The van der Waals surface area contributed by atoms with Crippen molar-refractivity contribution in [2.24, 2.45) is 0 Å². The molecular weight excluding hydrogens is 316 g/mol. The molecule has 0 unspecified atom stereocenters. The molecule has 1 N–H and O–H groups in total. The molecule has 0 spiro atoms. The molecule has 134 valence electrons. The van der Waals surface area contributed by atoms with Crippen molar-refractivity contribution in [3.05, 3.63) is 59.7 Å². The standard InChI is InChI=1S/C21H26O4/c1-21(2,3)18-6-4-5-7-19(18)25-15-14-24-17-11-8-16(9-12-17)10-13-20(22)23/h4-9,11-12H,10,13-15H2,1-3H3,(H,22,23). The second-order valence-corrected chi connectivity index (χ2v) is 6.98. The van der Waals surface area contributed by atoms with E-state index in [0.717, 1.165) is 17.1 Å². The van der Waals surface area contributed by atoms with Gasteiger partial charge in [-0.05, 0) is 41.2 Å². The highest BCUT2D eigenvalue weighted by Gasteiger charge is 2.18. The molecule has 0 saturated heterocycles. The maximum absolute atomic E-state index is 10.6. The summed E-state index contributed by atoms with van der Waals surface area (Å²) in [7, 11) is 0. The molecule has 0 aliphatic heterocycles. The third kappa shape index (κ3) is 6.14. The van der Waals surface area contributed by atoms with Gasteiger partial charge in [0.1, 0.15) is 24.7 Å². The minimum atomic E-state index is -0.784. The van der Waals surface area contributed by atoms with Crippen LogP contribution >= 0.6 is 0 Å². The molecule has 0 radical (unpaired) electrons. The van der Waals surface area contributed by atoms with E-state index in [9.17, 15) is 4.79 Å². The largest absolute Gasteiger partial charge is 0.490 e. The topological polar surface area (TPSA) is 55.8 Å². The molecule has 0 atom stereocenters. The van der Waals surface area contributed by atoms with Crippen molar-refractivity contribution in [3.63, 3.8) is 0 Å². The van der Waals surface area contributed by atoms with Gasteiger partial charge in [-0.1, -0.05) is 51.1 Å². The first-order valence-electron chi connectivity index (χ1n) is 8.52. The Kier molecular flexibility index (Phi) is 6.45. The quantitative estimate of drug-likeness (QED) is 0.720. The Labute approximate surface area is 149 Å². The van der Waals surface area contributed by atoms with Gasteiger partial charge in [-0.15, -0.1) is 0 Å². The normalized spacial score (nSPS) is 11.2. The lowest BCUT2D eigenvalue weighted by Gasteiger charge is -2.22. The number of carboxylic acid groups (broad SMARTS) is 1. The smallest absolute Gasteiger partial charge is 0.303 e. The Hall–Kier alpha value is -2.49. The number of aliphatic carboxylic acids is 1. The van der Waals surface area contributed by atoms with Gasteiger partial charge in [0.15, 0.2) is 0 Å². The molecule has 0 heterocycles. The highest BCUT2D eigenvalue weighted by molar-refractivity contribution is 5.67. The van der Waals surface area contributed by atoms with Gasteiger partial charge in [-0.2, -0.15) is 0 Å². The van der Waals surface area contributed by atoms with E-state index in [1.165, 1.54) is 5.56 Å². The second-order valence-electron chi connectivity index (χ2n) is 6.98. The first-order valence-corrected chi connectivity index (χ1v) is 8.52. The highest BCUT2D eigenvalue weighted by atomic mass is 16.5. The summed E-state index contributed by atoms with van der Waals surface area (Å²) in [6.07, 6.45) is 0.670. The van der Waals surface area contributed by atoms with Crippen LogP contribution in [0.5, 0.6) is 11.5 Å². The van der Waals surface area contributed by atoms with Crippen LogP contribution < -0.4 is 9.47 Å². The zero-order valence-corrected chi connectivity index (χ0v) is 15.1. The molecule has 0 amide bonds. The van der Waals surface area contributed by atoms with E-state index < -0.39 is 5.97 Å². The van der Waals surface area contributed by atoms with Crippen LogP contribution in [0.4, 0.5) is 0 Å². The zero-order chi connectivity index (χ0) is 18.3. The number of hydrogen-bond acceptors (Lipinski definition) is 3. The number of carbonyl (C=O) groups is 1. The monoisotopic (exact) mass is 342 g/mol. The number of carboxylic acids is 1. The molecule has 2 aromatic rings. The fourth-order valence-electron chi connectivity index (χ4n) is 2.53. The molecule has 0 aliphatic carbocycles. The molecule has 0 fully saturated rings. The van der Waals surface area contributed by atoms with E-state index in [1.54, 1.807) is 0 Å². The van der Waals surface area contributed by atoms with E-state index in [4.69, 9.17) is 14.6 Å². The number of hydrogen-bond donors (Lipinski definition) is 1. The SMILES string of the molecule is CC(C)(C)c1ccccc1OCCOc1ccc(CCC(=O)O)cc1. The van der Waals surface area contributed by atoms with Crippen molar-refractivity contribution in [1.82, 2.24) is 0 Å². The van der Waals surface area contributed by atoms with Crippen molar-refractivity contribution in [2.45, 2.75) is 39.0 Å². The molecule has 4 nitrogen and oxygen atoms in total. The molecule has 4 heteroatoms. The summed E-state index contributed by atoms with van der Waals surface area (Å²) < 4.78 is 11.6. The van der Waals surface area contributed by atoms with Crippen LogP contribution in [-0.2, 0) is 16.6 Å². The maximum Gasteiger partial charge on any atom is 0.303 e. The van der Waals surface area contributed by atoms with Gasteiger partial charge in [-0.3, -0.25) is 4.79 Å². The molecule has 0 aliphatic rings. The molecule has 0 aromatic heterocycles. The predicted octanol–water partition coefficient (Wildman–Crippen LogP) is 4.46. The van der Waals surface area contributed by atoms with Crippen molar-refractivity contribution < 1.29 is 19.4 Å². The van der Waals surface area contributed by atoms with Crippen LogP contribution in [0.2, 0.25) is 0 Å². The number of ether oxygens (including phenoxy) is 2. The van der Waals surface area contributed by atoms with Gasteiger partial charge < -0.3 is 14.6 Å². The lowest BCUT2D eigenvalue weighted by molar-refractivity contribution is -0.136. The lowest BCUT2D eigenvalue weighted by Crippen LogP contribution is -2.15. The highest BCUT2D eigenvalue weighted by Crippen LogP contribution is 2.30. The average Bonchev–Trinajstić information content (AvgIpc) is 2.57. The van der Waals surface area contributed by atoms with Crippen molar-refractivity contribution in [2.75, 3.05) is 13.2 Å². The number of rotatable bonds is 8. The zero-order valence-electron chi connectivity index (χ0n) is 15.1. The Morgan fingerprint density at radius 3 is 2.24 bits per heavy atom. The molecule has 0 bridgehead atoms. The van der Waals surface area contributed by atoms with Gasteiger partial charge in [0, 0.05) is 6.42 Å². The first kappa shape index (κ1) is 18.8. The van der Waals surface area contributed by atoms with E-state index >= 15 is 0 Å². The minimum absolute atomic E-state index is 0.0310. The van der Waals surface area contributed by atoms with E-state index in [-0.39, 0.29) is 11.8 Å². The van der Waals surface area contributed by atoms with E-state index in [2.05, 4.69) is 26.8 Å². The third-order valence-corrected chi connectivity index (χ3v) is 3.86. The van der Waals surface area contributed by atoms with Crippen LogP contribution in [0, 0.1) is 0 Å². The number of aryl methyl sites for hydroxylation is 1. The Bertz CT molecular complexity index is 684. The van der Waals surface area contributed by atoms with Gasteiger partial charge in [0.25, 0.3) is 0 Å². The van der Waals surface area contributed by atoms with Crippen molar-refractivity contribution in [3.8, 4) is 11.5 Å². The molecule has 25 heavy (non-hydrogen) atoms. The molecular formula is C21H26O4. The number of para-hydroxylation sites is 1. The Balaban J connectivity index is 1.81. The van der Waals surface area contributed by atoms with Crippen LogP contribution in [0.15, 0.2) is 48.5 Å². The average molecular weight is 342 g/mol. The van der Waals surface area contributed by atoms with Crippen LogP contribution in [0.3, 0.4) is 0 Å². The van der Waals surface area contributed by atoms with Gasteiger partial charge in [0.05, 0.1) is 0 Å². The molecule has 2 aromatic carbocycles. The van der Waals surface area contributed by atoms with Gasteiger partial charge >= 0.3 is 5.97 Å². The first-order chi connectivity index (χ1) is 11.9. The summed E-state index contributed by atoms with van der Waals surface area (Å²) in [5.74, 6) is 0.863. The van der Waals surface area contributed by atoms with Gasteiger partial charge in [0.2, 0.25) is 0 Å². The summed E-state index contributed by atoms with van der Waals surface area (Å²) in [4.78, 5) is 10.6. The fourth-order valence-corrected chi connectivity index (χ4v) is 2.53. The summed E-state index contributed by atoms with van der Waals surface area (Å²) in [6, 6.07) is 15.6. The lowest BCUT2D eigenvalue weighted by atomic mass is 9.86. The summed E-state index contributed by atoms with van der Waals surface area (Å²) in [5.41, 5.74) is 2.20. The maximum atomic E-state index is 10.6. The number of benzene rings is 2. The Morgan fingerprint density at radius 1 is 0.960 bits per heavy atom. The second kappa shape index (κ2) is 8.56. The van der Waals surface area contributed by atoms with Gasteiger partial charge in [-0.25, -0.2) is 0 Å². The molecule has 0 saturated carbocycles. The Morgan fingerprint density at radius 2 is 1.60 bits per heavy atom. The van der Waals surface area contributed by atoms with E-state index in [1.807, 2.05) is 42.5 Å². The van der Waals surface area contributed by atoms with Crippen molar-refractivity contribution >= 4 is 5.97 Å². The molecule has 2 rings (SSSR count). The summed E-state index contributed by atoms with van der Waals surface area (Å²) in [6.45, 7) is 7.41. The predicted molar refractivity (Wildman–Crippen MR) is 98.5 cm³/mol. The summed E-state index contributed by atoms with van der Waals surface area (Å²) in [5, 5.41) is 8.70. The van der Waals surface area contributed by atoms with Crippen LogP contribution in [0.1, 0.15) is 38.3 Å². The van der Waals surface area contributed by atoms with E-state index in [0.29, 0.717) is 19.6 Å². The fraction of sp³-hybridized carbons (Fsp3) is 0.381. The van der Waals surface area contributed by atoms with Crippen LogP contribution in [0.25, 0.3) is 0 Å². The third-order valence-electron chi connectivity index (χ3n) is 3.86. The van der Waals surface area contributed by atoms with Crippen LogP contribution in [-0.4, -0.2) is 24.3 Å². The van der Waals surface area contributed by atoms with Crippen molar-refractivity contribution in [1.29, 1.82) is 0 Å². The summed E-state index contributed by atoms with van der Waals surface area (Å²) >= 11 is 0. The minimum Gasteiger partial charge on any atom is -0.490 e.